The van der Waals surface area contributed by atoms with E-state index in [0.29, 0.717) is 16.4 Å². The van der Waals surface area contributed by atoms with Crippen LogP contribution in [0.1, 0.15) is 29.7 Å². The van der Waals surface area contributed by atoms with Crippen LogP contribution in [-0.2, 0) is 9.53 Å². The molecule has 3 rings (SSSR count). The van der Waals surface area contributed by atoms with E-state index in [0.717, 1.165) is 16.8 Å². The summed E-state index contributed by atoms with van der Waals surface area (Å²) in [5.74, 6) is -0.575. The van der Waals surface area contributed by atoms with Gasteiger partial charge in [0.05, 0.1) is 29.2 Å². The summed E-state index contributed by atoms with van der Waals surface area (Å²) in [4.78, 5) is 25.5. The number of hydrogen-bond acceptors (Lipinski definition) is 5. The lowest BCUT2D eigenvalue weighted by Crippen LogP contribution is -2.48. The van der Waals surface area contributed by atoms with Crippen LogP contribution in [0.4, 0.5) is 11.4 Å². The van der Waals surface area contributed by atoms with Crippen LogP contribution in [0.25, 0.3) is 0 Å². The Morgan fingerprint density at radius 1 is 1.17 bits per heavy atom. The molecule has 1 unspecified atom stereocenters. The fraction of sp³-hybridized carbons (Fsp3) is 0.238. The number of carbonyl (C=O) groups excluding carboxylic acids is 1. The number of para-hydroxylation sites is 1. The Morgan fingerprint density at radius 2 is 1.86 bits per heavy atom. The number of anilines is 1. The fourth-order valence-corrected chi connectivity index (χ4v) is 3.78. The molecular formula is C21H21N3O4S. The van der Waals surface area contributed by atoms with Gasteiger partial charge in [-0.15, -0.1) is 0 Å². The number of nitro groups is 1. The van der Waals surface area contributed by atoms with Crippen molar-refractivity contribution in [1.82, 2.24) is 5.32 Å². The van der Waals surface area contributed by atoms with Gasteiger partial charge in [-0.05, 0) is 62.3 Å². The molecule has 29 heavy (non-hydrogen) atoms. The average Bonchev–Trinajstić information content (AvgIpc) is 2.69. The fourth-order valence-electron chi connectivity index (χ4n) is 3.42. The summed E-state index contributed by atoms with van der Waals surface area (Å²) in [6, 6.07) is 11.4. The van der Waals surface area contributed by atoms with Gasteiger partial charge in [0, 0.05) is 17.5 Å². The maximum Gasteiger partial charge on any atom is 0.337 e. The molecule has 0 aromatic heterocycles. The zero-order chi connectivity index (χ0) is 21.3. The summed E-state index contributed by atoms with van der Waals surface area (Å²) in [6.45, 7) is 5.77. The number of allylic oxidation sites excluding steroid dienone is 1. The molecule has 2 aromatic rings. The minimum absolute atomic E-state index is 0.0957. The number of nitro benzene ring substituents is 1. The normalized spacial score (nSPS) is 16.5. The van der Waals surface area contributed by atoms with Crippen LogP contribution in [0.15, 0.2) is 53.7 Å². The molecule has 1 N–H and O–H groups in total. The quantitative estimate of drug-likeness (QED) is 0.351. The molecule has 1 aliphatic rings. The number of carbonyl (C=O) groups is 1. The minimum atomic E-state index is -0.792. The average molecular weight is 411 g/mol. The van der Waals surface area contributed by atoms with E-state index in [-0.39, 0.29) is 11.3 Å². The highest BCUT2D eigenvalue weighted by Crippen LogP contribution is 2.37. The van der Waals surface area contributed by atoms with Crippen molar-refractivity contribution >= 4 is 34.7 Å². The smallest absolute Gasteiger partial charge is 0.337 e. The molecule has 0 amide bonds. The van der Waals surface area contributed by atoms with Crippen molar-refractivity contribution in [2.75, 3.05) is 12.0 Å². The Labute approximate surface area is 174 Å². The zero-order valence-corrected chi connectivity index (χ0v) is 17.4. The molecule has 0 fully saturated rings. The summed E-state index contributed by atoms with van der Waals surface area (Å²) in [5, 5.41) is 15.0. The van der Waals surface area contributed by atoms with E-state index >= 15 is 0 Å². The van der Waals surface area contributed by atoms with Gasteiger partial charge in [0.15, 0.2) is 5.11 Å². The van der Waals surface area contributed by atoms with Gasteiger partial charge < -0.3 is 10.1 Å². The van der Waals surface area contributed by atoms with Gasteiger partial charge in [0.2, 0.25) is 0 Å². The molecule has 150 valence electrons. The standard InChI is InChI=1S/C21H21N3O4S/c1-12-9-10-15(11-13(12)2)23-14(3)18(20(25)28-4)19(22-21(23)29)16-7-5-6-8-17(16)24(26)27/h5-11,19H,1-4H3,(H,22,29). The summed E-state index contributed by atoms with van der Waals surface area (Å²) < 4.78 is 5.00. The van der Waals surface area contributed by atoms with Crippen LogP contribution in [0.2, 0.25) is 0 Å². The van der Waals surface area contributed by atoms with Gasteiger partial charge in [-0.2, -0.15) is 0 Å². The maximum absolute atomic E-state index is 12.7. The van der Waals surface area contributed by atoms with Crippen molar-refractivity contribution in [2.24, 2.45) is 0 Å². The maximum atomic E-state index is 12.7. The molecule has 1 heterocycles. The lowest BCUT2D eigenvalue weighted by Gasteiger charge is -2.37. The van der Waals surface area contributed by atoms with Gasteiger partial charge in [-0.1, -0.05) is 18.2 Å². The van der Waals surface area contributed by atoms with Crippen molar-refractivity contribution in [1.29, 1.82) is 0 Å². The van der Waals surface area contributed by atoms with Crippen LogP contribution in [0, 0.1) is 24.0 Å². The Balaban J connectivity index is 2.20. The van der Waals surface area contributed by atoms with Crippen LogP contribution in [0.5, 0.6) is 0 Å². The highest BCUT2D eigenvalue weighted by molar-refractivity contribution is 7.80. The molecule has 7 nitrogen and oxygen atoms in total. The molecule has 0 aliphatic carbocycles. The summed E-state index contributed by atoms with van der Waals surface area (Å²) >= 11 is 5.58. The van der Waals surface area contributed by atoms with E-state index < -0.39 is 16.9 Å². The van der Waals surface area contributed by atoms with Crippen molar-refractivity contribution in [3.63, 3.8) is 0 Å². The summed E-state index contributed by atoms with van der Waals surface area (Å²) in [7, 11) is 1.28. The first kappa shape index (κ1) is 20.5. The number of benzene rings is 2. The predicted octanol–water partition coefficient (Wildman–Crippen LogP) is 4.09. The summed E-state index contributed by atoms with van der Waals surface area (Å²) in [6.07, 6.45) is 0. The molecule has 8 heteroatoms. The van der Waals surface area contributed by atoms with E-state index in [9.17, 15) is 14.9 Å². The molecule has 1 aliphatic heterocycles. The van der Waals surface area contributed by atoms with Crippen molar-refractivity contribution in [2.45, 2.75) is 26.8 Å². The van der Waals surface area contributed by atoms with E-state index in [1.165, 1.54) is 13.2 Å². The van der Waals surface area contributed by atoms with Crippen LogP contribution >= 0.6 is 12.2 Å². The number of nitrogens with one attached hydrogen (secondary N) is 1. The van der Waals surface area contributed by atoms with Crippen LogP contribution in [-0.4, -0.2) is 23.1 Å². The van der Waals surface area contributed by atoms with Gasteiger partial charge in [-0.25, -0.2) is 4.79 Å². The first-order valence-electron chi connectivity index (χ1n) is 8.96. The Bertz CT molecular complexity index is 1050. The molecule has 0 radical (unpaired) electrons. The second-order valence-electron chi connectivity index (χ2n) is 6.79. The Kier molecular flexibility index (Phi) is 5.65. The van der Waals surface area contributed by atoms with Gasteiger partial charge in [0.1, 0.15) is 0 Å². The van der Waals surface area contributed by atoms with Crippen LogP contribution < -0.4 is 10.2 Å². The number of aryl methyl sites for hydroxylation is 2. The number of ether oxygens (including phenoxy) is 1. The highest BCUT2D eigenvalue weighted by Gasteiger charge is 2.38. The van der Waals surface area contributed by atoms with E-state index in [1.807, 2.05) is 32.0 Å². The van der Waals surface area contributed by atoms with E-state index in [1.54, 1.807) is 30.0 Å². The first-order chi connectivity index (χ1) is 13.8. The third-order valence-electron chi connectivity index (χ3n) is 5.08. The first-order valence-corrected chi connectivity index (χ1v) is 9.37. The van der Waals surface area contributed by atoms with Gasteiger partial charge in [0.25, 0.3) is 5.69 Å². The van der Waals surface area contributed by atoms with Crippen LogP contribution in [0.3, 0.4) is 0 Å². The topological polar surface area (TPSA) is 84.7 Å². The number of thiocarbonyl (C=S) groups is 1. The molecule has 0 bridgehead atoms. The molecule has 0 saturated carbocycles. The molecule has 0 saturated heterocycles. The number of nitrogens with zero attached hydrogens (tertiary/aromatic N) is 2. The third-order valence-corrected chi connectivity index (χ3v) is 5.38. The number of hydrogen-bond donors (Lipinski definition) is 1. The number of rotatable bonds is 4. The monoisotopic (exact) mass is 411 g/mol. The van der Waals surface area contributed by atoms with E-state index in [4.69, 9.17) is 17.0 Å². The highest BCUT2D eigenvalue weighted by atomic mass is 32.1. The molecule has 1 atom stereocenters. The SMILES string of the molecule is COC(=O)C1=C(C)N(c2ccc(C)c(C)c2)C(=S)NC1c1ccccc1[N+](=O)[O-]. The van der Waals surface area contributed by atoms with E-state index in [2.05, 4.69) is 5.32 Å². The molecule has 0 spiro atoms. The molecule has 2 aromatic carbocycles. The lowest BCUT2D eigenvalue weighted by atomic mass is 9.93. The van der Waals surface area contributed by atoms with Crippen molar-refractivity contribution in [3.8, 4) is 0 Å². The summed E-state index contributed by atoms with van der Waals surface area (Å²) in [5.41, 5.74) is 4.10. The minimum Gasteiger partial charge on any atom is -0.466 e. The van der Waals surface area contributed by atoms with Crippen molar-refractivity contribution in [3.05, 3.63) is 80.5 Å². The van der Waals surface area contributed by atoms with Gasteiger partial charge in [-0.3, -0.25) is 15.0 Å². The second-order valence-corrected chi connectivity index (χ2v) is 7.18. The Morgan fingerprint density at radius 3 is 2.48 bits per heavy atom. The third kappa shape index (κ3) is 3.71. The van der Waals surface area contributed by atoms with Gasteiger partial charge >= 0.3 is 5.97 Å². The lowest BCUT2D eigenvalue weighted by molar-refractivity contribution is -0.385. The predicted molar refractivity (Wildman–Crippen MR) is 115 cm³/mol. The zero-order valence-electron chi connectivity index (χ0n) is 16.6. The second kappa shape index (κ2) is 8.00. The largest absolute Gasteiger partial charge is 0.466 e. The number of methoxy groups -OCH3 is 1. The Hall–Kier alpha value is -3.26. The molecular weight excluding hydrogens is 390 g/mol. The number of esters is 1. The van der Waals surface area contributed by atoms with Crippen molar-refractivity contribution < 1.29 is 14.5 Å².